The zero-order chi connectivity index (χ0) is 12.8. The van der Waals surface area contributed by atoms with Crippen LogP contribution in [-0.2, 0) is 9.53 Å². The van der Waals surface area contributed by atoms with Gasteiger partial charge in [-0.15, -0.1) is 0 Å². The Kier molecular flexibility index (Phi) is 4.40. The molecule has 0 atom stereocenters. The van der Waals surface area contributed by atoms with Gasteiger partial charge in [-0.1, -0.05) is 0 Å². The SMILES string of the molecule is CCOC(=O)CNc1ccc(C#N)c(F)c1F. The standard InChI is InChI=1S/C11H10F2N2O2/c1-2-17-9(16)6-15-8-4-3-7(5-14)10(12)11(8)13/h3-4,15H,2,6H2,1H3. The second-order valence-electron chi connectivity index (χ2n) is 3.06. The van der Waals surface area contributed by atoms with E-state index in [4.69, 9.17) is 5.26 Å². The molecule has 0 aliphatic carbocycles. The van der Waals surface area contributed by atoms with Crippen LogP contribution < -0.4 is 5.32 Å². The normalized spacial score (nSPS) is 9.53. The maximum absolute atomic E-state index is 13.3. The van der Waals surface area contributed by atoms with Crippen LogP contribution in [0.15, 0.2) is 12.1 Å². The van der Waals surface area contributed by atoms with Crippen LogP contribution in [0.5, 0.6) is 0 Å². The zero-order valence-corrected chi connectivity index (χ0v) is 9.09. The average Bonchev–Trinajstić information content (AvgIpc) is 2.31. The van der Waals surface area contributed by atoms with Gasteiger partial charge in [0.15, 0.2) is 11.6 Å². The fourth-order valence-electron chi connectivity index (χ4n) is 1.15. The van der Waals surface area contributed by atoms with Gasteiger partial charge in [0, 0.05) is 0 Å². The molecule has 0 unspecified atom stereocenters. The number of hydrogen-bond donors (Lipinski definition) is 1. The number of rotatable bonds is 4. The Bertz CT molecular complexity index is 469. The molecule has 17 heavy (non-hydrogen) atoms. The molecule has 0 saturated heterocycles. The summed E-state index contributed by atoms with van der Waals surface area (Å²) < 4.78 is 31.1. The molecule has 0 aromatic heterocycles. The summed E-state index contributed by atoms with van der Waals surface area (Å²) >= 11 is 0. The van der Waals surface area contributed by atoms with Crippen molar-refractivity contribution in [1.29, 1.82) is 5.26 Å². The highest BCUT2D eigenvalue weighted by molar-refractivity contribution is 5.75. The Hall–Kier alpha value is -2.16. The lowest BCUT2D eigenvalue weighted by Crippen LogP contribution is -2.17. The quantitative estimate of drug-likeness (QED) is 0.815. The number of ether oxygens (including phenoxy) is 1. The minimum absolute atomic E-state index is 0.186. The van der Waals surface area contributed by atoms with Crippen molar-refractivity contribution in [3.05, 3.63) is 29.3 Å². The number of benzene rings is 1. The smallest absolute Gasteiger partial charge is 0.325 e. The molecule has 0 aliphatic heterocycles. The van der Waals surface area contributed by atoms with Crippen molar-refractivity contribution in [3.63, 3.8) is 0 Å². The predicted molar refractivity (Wildman–Crippen MR) is 56.2 cm³/mol. The average molecular weight is 240 g/mol. The Morgan fingerprint density at radius 1 is 1.47 bits per heavy atom. The van der Waals surface area contributed by atoms with E-state index >= 15 is 0 Å². The van der Waals surface area contributed by atoms with Gasteiger partial charge in [0.1, 0.15) is 12.6 Å². The fourth-order valence-corrected chi connectivity index (χ4v) is 1.15. The molecule has 0 saturated carbocycles. The second-order valence-corrected chi connectivity index (χ2v) is 3.06. The van der Waals surface area contributed by atoms with Crippen LogP contribution in [0.25, 0.3) is 0 Å². The monoisotopic (exact) mass is 240 g/mol. The maximum atomic E-state index is 13.3. The minimum Gasteiger partial charge on any atom is -0.465 e. The number of anilines is 1. The van der Waals surface area contributed by atoms with Crippen molar-refractivity contribution in [2.75, 3.05) is 18.5 Å². The summed E-state index contributed by atoms with van der Waals surface area (Å²) in [6.07, 6.45) is 0. The van der Waals surface area contributed by atoms with Gasteiger partial charge in [-0.2, -0.15) is 5.26 Å². The van der Waals surface area contributed by atoms with E-state index in [1.54, 1.807) is 6.92 Å². The van der Waals surface area contributed by atoms with E-state index in [0.717, 1.165) is 6.07 Å². The number of carbonyl (C=O) groups is 1. The van der Waals surface area contributed by atoms with Crippen molar-refractivity contribution in [2.45, 2.75) is 6.92 Å². The van der Waals surface area contributed by atoms with Gasteiger partial charge in [0.25, 0.3) is 0 Å². The van der Waals surface area contributed by atoms with E-state index in [1.165, 1.54) is 12.1 Å². The molecule has 0 radical (unpaired) electrons. The topological polar surface area (TPSA) is 62.1 Å². The van der Waals surface area contributed by atoms with Gasteiger partial charge in [0.05, 0.1) is 17.9 Å². The number of esters is 1. The first-order valence-electron chi connectivity index (χ1n) is 4.87. The van der Waals surface area contributed by atoms with E-state index in [-0.39, 0.29) is 24.4 Å². The summed E-state index contributed by atoms with van der Waals surface area (Å²) in [7, 11) is 0. The third-order valence-electron chi connectivity index (χ3n) is 1.93. The molecule has 4 nitrogen and oxygen atoms in total. The predicted octanol–water partition coefficient (Wildman–Crippen LogP) is 1.81. The summed E-state index contributed by atoms with van der Waals surface area (Å²) in [5.41, 5.74) is -0.571. The zero-order valence-electron chi connectivity index (χ0n) is 9.09. The lowest BCUT2D eigenvalue weighted by molar-refractivity contribution is -0.140. The molecule has 1 N–H and O–H groups in total. The lowest BCUT2D eigenvalue weighted by Gasteiger charge is -2.07. The van der Waals surface area contributed by atoms with E-state index in [9.17, 15) is 13.6 Å². The largest absolute Gasteiger partial charge is 0.465 e. The molecule has 1 aromatic rings. The van der Waals surface area contributed by atoms with Crippen molar-refractivity contribution >= 4 is 11.7 Å². The molecule has 0 bridgehead atoms. The Labute approximate surface area is 96.8 Å². The van der Waals surface area contributed by atoms with Gasteiger partial charge in [0.2, 0.25) is 0 Å². The van der Waals surface area contributed by atoms with Crippen LogP contribution in [0.2, 0.25) is 0 Å². The second kappa shape index (κ2) is 5.80. The van der Waals surface area contributed by atoms with Crippen molar-refractivity contribution in [3.8, 4) is 6.07 Å². The van der Waals surface area contributed by atoms with E-state index in [1.807, 2.05) is 0 Å². The minimum atomic E-state index is -1.23. The molecule has 6 heteroatoms. The third kappa shape index (κ3) is 3.14. The van der Waals surface area contributed by atoms with E-state index in [2.05, 4.69) is 10.1 Å². The summed E-state index contributed by atoms with van der Waals surface area (Å²) in [6, 6.07) is 3.84. The van der Waals surface area contributed by atoms with E-state index < -0.39 is 17.6 Å². The third-order valence-corrected chi connectivity index (χ3v) is 1.93. The molecule has 90 valence electrons. The van der Waals surface area contributed by atoms with Crippen molar-refractivity contribution in [1.82, 2.24) is 0 Å². The molecule has 0 spiro atoms. The van der Waals surface area contributed by atoms with Crippen LogP contribution in [0, 0.1) is 23.0 Å². The Morgan fingerprint density at radius 2 is 2.18 bits per heavy atom. The number of nitrogens with one attached hydrogen (secondary N) is 1. The first kappa shape index (κ1) is 12.9. The molecule has 0 heterocycles. The van der Waals surface area contributed by atoms with Gasteiger partial charge < -0.3 is 10.1 Å². The Balaban J connectivity index is 2.77. The molecule has 1 rings (SSSR count). The highest BCUT2D eigenvalue weighted by Gasteiger charge is 2.13. The molecule has 0 aliphatic rings. The van der Waals surface area contributed by atoms with Crippen LogP contribution in [0.1, 0.15) is 12.5 Å². The molecule has 0 fully saturated rings. The highest BCUT2D eigenvalue weighted by Crippen LogP contribution is 2.19. The first-order valence-corrected chi connectivity index (χ1v) is 4.87. The lowest BCUT2D eigenvalue weighted by atomic mass is 10.2. The summed E-state index contributed by atoms with van der Waals surface area (Å²) in [5.74, 6) is -2.99. The summed E-state index contributed by atoms with van der Waals surface area (Å²) in [6.45, 7) is 1.58. The first-order chi connectivity index (χ1) is 8.10. The van der Waals surface area contributed by atoms with Gasteiger partial charge >= 0.3 is 5.97 Å². The van der Waals surface area contributed by atoms with E-state index in [0.29, 0.717) is 0 Å². The number of halogens is 2. The molecule has 0 amide bonds. The highest BCUT2D eigenvalue weighted by atomic mass is 19.2. The van der Waals surface area contributed by atoms with Gasteiger partial charge in [-0.3, -0.25) is 4.79 Å². The van der Waals surface area contributed by atoms with Crippen LogP contribution >= 0.6 is 0 Å². The summed E-state index contributed by atoms with van der Waals surface area (Å²) in [4.78, 5) is 11.0. The Morgan fingerprint density at radius 3 is 2.76 bits per heavy atom. The van der Waals surface area contributed by atoms with Crippen LogP contribution in [-0.4, -0.2) is 19.1 Å². The maximum Gasteiger partial charge on any atom is 0.325 e. The van der Waals surface area contributed by atoms with Crippen molar-refractivity contribution in [2.24, 2.45) is 0 Å². The van der Waals surface area contributed by atoms with Crippen LogP contribution in [0.4, 0.5) is 14.5 Å². The molecular formula is C11H10F2N2O2. The number of nitriles is 1. The summed E-state index contributed by atoms with van der Waals surface area (Å²) in [5, 5.41) is 10.9. The van der Waals surface area contributed by atoms with Gasteiger partial charge in [-0.25, -0.2) is 8.78 Å². The van der Waals surface area contributed by atoms with Crippen molar-refractivity contribution < 1.29 is 18.3 Å². The number of nitrogens with zero attached hydrogens (tertiary/aromatic N) is 1. The molecule has 1 aromatic carbocycles. The van der Waals surface area contributed by atoms with Crippen LogP contribution in [0.3, 0.4) is 0 Å². The molecular weight excluding hydrogens is 230 g/mol. The number of carbonyl (C=O) groups excluding carboxylic acids is 1. The fraction of sp³-hybridized carbons (Fsp3) is 0.273. The van der Waals surface area contributed by atoms with Gasteiger partial charge in [-0.05, 0) is 19.1 Å². The number of hydrogen-bond acceptors (Lipinski definition) is 4.